The molecular weight excluding hydrogens is 340 g/mol. The molecule has 0 aromatic heterocycles. The Morgan fingerprint density at radius 1 is 1.04 bits per heavy atom. The molecule has 5 heteroatoms. The number of rotatable bonds is 8. The zero-order valence-electron chi connectivity index (χ0n) is 15.7. The zero-order chi connectivity index (χ0) is 19.2. The Labute approximate surface area is 160 Å². The first-order chi connectivity index (χ1) is 13.0. The van der Waals surface area contributed by atoms with Gasteiger partial charge in [0.25, 0.3) is 0 Å². The Hall–Kier alpha value is -2.66. The van der Waals surface area contributed by atoms with Crippen LogP contribution in [0.5, 0.6) is 0 Å². The van der Waals surface area contributed by atoms with Crippen LogP contribution in [-0.2, 0) is 29.1 Å². The van der Waals surface area contributed by atoms with E-state index in [1.807, 2.05) is 30.3 Å². The Kier molecular flexibility index (Phi) is 6.24. The summed E-state index contributed by atoms with van der Waals surface area (Å²) in [6, 6.07) is 17.9. The number of amides is 1. The summed E-state index contributed by atoms with van der Waals surface area (Å²) >= 11 is 0. The number of nitrogens with zero attached hydrogens (tertiary/aromatic N) is 2. The average molecular weight is 366 g/mol. The fourth-order valence-electron chi connectivity index (χ4n) is 3.49. The molecule has 1 atom stereocenters. The highest BCUT2D eigenvalue weighted by molar-refractivity contribution is 5.82. The van der Waals surface area contributed by atoms with Gasteiger partial charge in [0.1, 0.15) is 0 Å². The minimum absolute atomic E-state index is 0.0287. The molecule has 27 heavy (non-hydrogen) atoms. The van der Waals surface area contributed by atoms with Gasteiger partial charge in [0.05, 0.1) is 5.92 Å². The van der Waals surface area contributed by atoms with Crippen molar-refractivity contribution in [3.63, 3.8) is 0 Å². The van der Waals surface area contributed by atoms with Gasteiger partial charge in [-0.1, -0.05) is 54.6 Å². The van der Waals surface area contributed by atoms with E-state index in [1.54, 1.807) is 11.9 Å². The quantitative estimate of drug-likeness (QED) is 0.780. The van der Waals surface area contributed by atoms with Crippen molar-refractivity contribution in [2.45, 2.75) is 25.9 Å². The van der Waals surface area contributed by atoms with E-state index in [4.69, 9.17) is 0 Å². The summed E-state index contributed by atoms with van der Waals surface area (Å²) in [4.78, 5) is 28.1. The number of hydrogen-bond acceptors (Lipinski definition) is 3. The van der Waals surface area contributed by atoms with Gasteiger partial charge in [0.2, 0.25) is 5.91 Å². The number of carboxylic acid groups (broad SMARTS) is 1. The highest BCUT2D eigenvalue weighted by Crippen LogP contribution is 2.21. The smallest absolute Gasteiger partial charge is 0.307 e. The lowest BCUT2D eigenvalue weighted by Gasteiger charge is -2.23. The van der Waals surface area contributed by atoms with Crippen molar-refractivity contribution in [3.8, 4) is 0 Å². The van der Waals surface area contributed by atoms with E-state index in [0.717, 1.165) is 25.2 Å². The minimum atomic E-state index is -0.921. The van der Waals surface area contributed by atoms with Crippen molar-refractivity contribution in [2.24, 2.45) is 5.92 Å². The summed E-state index contributed by atoms with van der Waals surface area (Å²) in [5.41, 5.74) is 3.63. The van der Waals surface area contributed by atoms with Gasteiger partial charge in [-0.2, -0.15) is 0 Å². The second-order valence-electron chi connectivity index (χ2n) is 7.22. The largest absolute Gasteiger partial charge is 0.481 e. The Morgan fingerprint density at radius 3 is 2.22 bits per heavy atom. The Morgan fingerprint density at radius 2 is 1.63 bits per heavy atom. The van der Waals surface area contributed by atoms with E-state index in [-0.39, 0.29) is 12.3 Å². The molecule has 0 bridgehead atoms. The number of carbonyl (C=O) groups excluding carboxylic acids is 1. The van der Waals surface area contributed by atoms with E-state index in [2.05, 4.69) is 29.2 Å². The molecule has 1 heterocycles. The number of hydrogen-bond donors (Lipinski definition) is 1. The normalized spacial score (nSPS) is 14.6. The molecule has 5 nitrogen and oxygen atoms in total. The fraction of sp³-hybridized carbons (Fsp3) is 0.364. The first kappa shape index (κ1) is 19.1. The number of benzene rings is 2. The average Bonchev–Trinajstić information content (AvgIpc) is 3.09. The molecule has 1 aliphatic heterocycles. The summed E-state index contributed by atoms with van der Waals surface area (Å²) in [5.74, 6) is -1.73. The molecule has 0 saturated heterocycles. The van der Waals surface area contributed by atoms with Crippen LogP contribution in [0.25, 0.3) is 0 Å². The molecule has 1 aliphatic rings. The maximum absolute atomic E-state index is 12.5. The van der Waals surface area contributed by atoms with Gasteiger partial charge in [0, 0.05) is 39.6 Å². The van der Waals surface area contributed by atoms with Crippen molar-refractivity contribution in [2.75, 3.05) is 20.1 Å². The third kappa shape index (κ3) is 5.17. The van der Waals surface area contributed by atoms with Crippen molar-refractivity contribution in [1.29, 1.82) is 0 Å². The van der Waals surface area contributed by atoms with Crippen LogP contribution in [0.3, 0.4) is 0 Å². The van der Waals surface area contributed by atoms with E-state index < -0.39 is 11.9 Å². The standard InChI is InChI=1S/C22H26N2O3/c1-23(11-12-24-15-18-9-5-6-10-19(18)16-24)21(25)14-20(22(26)27)13-17-7-3-2-4-8-17/h2-10,20H,11-16H2,1H3,(H,26,27)/t20-/m1/s1. The van der Waals surface area contributed by atoms with Gasteiger partial charge in [-0.05, 0) is 23.1 Å². The van der Waals surface area contributed by atoms with E-state index in [1.165, 1.54) is 11.1 Å². The molecule has 0 saturated carbocycles. The van der Waals surface area contributed by atoms with Gasteiger partial charge in [-0.25, -0.2) is 0 Å². The van der Waals surface area contributed by atoms with E-state index >= 15 is 0 Å². The third-order valence-corrected chi connectivity index (χ3v) is 5.18. The zero-order valence-corrected chi connectivity index (χ0v) is 15.7. The van der Waals surface area contributed by atoms with E-state index in [0.29, 0.717) is 13.0 Å². The molecule has 0 unspecified atom stereocenters. The first-order valence-corrected chi connectivity index (χ1v) is 9.33. The van der Waals surface area contributed by atoms with Gasteiger partial charge >= 0.3 is 5.97 Å². The summed E-state index contributed by atoms with van der Waals surface area (Å²) in [5, 5.41) is 9.49. The summed E-state index contributed by atoms with van der Waals surface area (Å²) in [6.07, 6.45) is 0.401. The van der Waals surface area contributed by atoms with Gasteiger partial charge in [-0.15, -0.1) is 0 Å². The van der Waals surface area contributed by atoms with Gasteiger partial charge < -0.3 is 10.0 Å². The number of carboxylic acids is 1. The maximum atomic E-state index is 12.5. The summed E-state index contributed by atoms with van der Waals surface area (Å²) in [6.45, 7) is 3.20. The molecule has 0 fully saturated rings. The van der Waals surface area contributed by atoms with Crippen LogP contribution in [0.2, 0.25) is 0 Å². The van der Waals surface area contributed by atoms with Crippen LogP contribution in [0.1, 0.15) is 23.1 Å². The summed E-state index contributed by atoms with van der Waals surface area (Å²) < 4.78 is 0. The molecule has 1 amide bonds. The second kappa shape index (κ2) is 8.82. The topological polar surface area (TPSA) is 60.9 Å². The van der Waals surface area contributed by atoms with Crippen molar-refractivity contribution < 1.29 is 14.7 Å². The fourth-order valence-corrected chi connectivity index (χ4v) is 3.49. The molecule has 0 radical (unpaired) electrons. The molecule has 2 aromatic carbocycles. The maximum Gasteiger partial charge on any atom is 0.307 e. The molecule has 2 aromatic rings. The van der Waals surface area contributed by atoms with Crippen molar-refractivity contribution in [3.05, 3.63) is 71.3 Å². The number of likely N-dealkylation sites (N-methyl/N-ethyl adjacent to an activating group) is 1. The lowest BCUT2D eigenvalue weighted by atomic mass is 9.96. The molecule has 3 rings (SSSR count). The van der Waals surface area contributed by atoms with Crippen LogP contribution in [-0.4, -0.2) is 46.9 Å². The van der Waals surface area contributed by atoms with Crippen LogP contribution in [0.15, 0.2) is 54.6 Å². The van der Waals surface area contributed by atoms with Crippen molar-refractivity contribution in [1.82, 2.24) is 9.80 Å². The third-order valence-electron chi connectivity index (χ3n) is 5.18. The molecular formula is C22H26N2O3. The predicted octanol–water partition coefficient (Wildman–Crippen LogP) is 2.79. The van der Waals surface area contributed by atoms with Crippen LogP contribution >= 0.6 is 0 Å². The molecule has 1 N–H and O–H groups in total. The summed E-state index contributed by atoms with van der Waals surface area (Å²) in [7, 11) is 1.76. The first-order valence-electron chi connectivity index (χ1n) is 9.33. The van der Waals surface area contributed by atoms with Gasteiger partial charge in [-0.3, -0.25) is 14.5 Å². The number of aliphatic carboxylic acids is 1. The number of carbonyl (C=O) groups is 2. The number of fused-ring (bicyclic) bond motifs is 1. The van der Waals surface area contributed by atoms with Crippen LogP contribution in [0.4, 0.5) is 0 Å². The Bertz CT molecular complexity index is 766. The van der Waals surface area contributed by atoms with Crippen LogP contribution in [0, 0.1) is 5.92 Å². The minimum Gasteiger partial charge on any atom is -0.481 e. The van der Waals surface area contributed by atoms with Crippen molar-refractivity contribution >= 4 is 11.9 Å². The molecule has 142 valence electrons. The monoisotopic (exact) mass is 366 g/mol. The van der Waals surface area contributed by atoms with E-state index in [9.17, 15) is 14.7 Å². The molecule has 0 spiro atoms. The molecule has 0 aliphatic carbocycles. The van der Waals surface area contributed by atoms with Crippen LogP contribution < -0.4 is 0 Å². The lowest BCUT2D eigenvalue weighted by Crippen LogP contribution is -2.36. The predicted molar refractivity (Wildman–Crippen MR) is 104 cm³/mol. The highest BCUT2D eigenvalue weighted by Gasteiger charge is 2.24. The highest BCUT2D eigenvalue weighted by atomic mass is 16.4. The second-order valence-corrected chi connectivity index (χ2v) is 7.22. The Balaban J connectivity index is 1.48. The van der Waals surface area contributed by atoms with Gasteiger partial charge in [0.15, 0.2) is 0 Å². The SMILES string of the molecule is CN(CCN1Cc2ccccc2C1)C(=O)C[C@@H](Cc1ccccc1)C(=O)O. The lowest BCUT2D eigenvalue weighted by molar-refractivity contribution is -0.145.